The minimum atomic E-state index is -0.187. The van der Waals surface area contributed by atoms with Crippen LogP contribution in [0.3, 0.4) is 0 Å². The van der Waals surface area contributed by atoms with E-state index in [0.717, 1.165) is 24.0 Å². The van der Waals surface area contributed by atoms with Crippen LogP contribution in [0.2, 0.25) is 0 Å². The summed E-state index contributed by atoms with van der Waals surface area (Å²) in [7, 11) is 1.59. The van der Waals surface area contributed by atoms with E-state index >= 15 is 0 Å². The highest BCUT2D eigenvalue weighted by Gasteiger charge is 2.17. The highest BCUT2D eigenvalue weighted by molar-refractivity contribution is 5.98. The Morgan fingerprint density at radius 2 is 2.19 bits per heavy atom. The minimum Gasteiger partial charge on any atom is -0.484 e. The lowest BCUT2D eigenvalue weighted by Crippen LogP contribution is -2.38. The van der Waals surface area contributed by atoms with E-state index in [1.165, 1.54) is 0 Å². The first-order valence-electron chi connectivity index (χ1n) is 7.17. The number of carbonyl (C=O) groups is 2. The number of benzene rings is 1. The Kier molecular flexibility index (Phi) is 5.33. The lowest BCUT2D eigenvalue weighted by atomic mass is 9.91. The van der Waals surface area contributed by atoms with E-state index in [0.29, 0.717) is 18.8 Å². The van der Waals surface area contributed by atoms with E-state index in [4.69, 9.17) is 9.47 Å². The summed E-state index contributed by atoms with van der Waals surface area (Å²) in [5, 5.41) is 2.78. The lowest BCUT2D eigenvalue weighted by molar-refractivity contribution is -0.124. The van der Waals surface area contributed by atoms with Crippen LogP contribution >= 0.6 is 0 Å². The number of carbonyl (C=O) groups excluding carboxylic acids is 2. The largest absolute Gasteiger partial charge is 0.484 e. The van der Waals surface area contributed by atoms with Crippen molar-refractivity contribution in [3.8, 4) is 5.75 Å². The number of nitrogens with one attached hydrogen (secondary N) is 1. The van der Waals surface area contributed by atoms with Gasteiger partial charge in [0.1, 0.15) is 5.75 Å². The van der Waals surface area contributed by atoms with Crippen molar-refractivity contribution in [3.05, 3.63) is 29.3 Å². The standard InChI is InChI=1S/C16H21NO4/c1-11(9-20-2)17-16(19)10-21-13-6-7-14-12(8-13)4-3-5-15(14)18/h6-8,11H,3-5,9-10H2,1-2H3,(H,17,19). The maximum Gasteiger partial charge on any atom is 0.258 e. The number of Topliss-reactive ketones (excluding diaryl/α,β-unsaturated/α-hetero) is 1. The third-order valence-electron chi connectivity index (χ3n) is 3.42. The van der Waals surface area contributed by atoms with Crippen LogP contribution in [0.5, 0.6) is 5.75 Å². The number of ether oxygens (including phenoxy) is 2. The van der Waals surface area contributed by atoms with Crippen LogP contribution in [0, 0.1) is 0 Å². The summed E-state index contributed by atoms with van der Waals surface area (Å²) >= 11 is 0. The van der Waals surface area contributed by atoms with Crippen LogP contribution in [0.1, 0.15) is 35.7 Å². The molecule has 1 N–H and O–H groups in total. The summed E-state index contributed by atoms with van der Waals surface area (Å²) in [5.74, 6) is 0.625. The molecule has 0 heterocycles. The zero-order valence-electron chi connectivity index (χ0n) is 12.5. The van der Waals surface area contributed by atoms with E-state index in [-0.39, 0.29) is 24.3 Å². The first kappa shape index (κ1) is 15.5. The first-order chi connectivity index (χ1) is 10.1. The molecule has 0 radical (unpaired) electrons. The number of aryl methyl sites for hydroxylation is 1. The van der Waals surface area contributed by atoms with Crippen molar-refractivity contribution in [1.82, 2.24) is 5.32 Å². The Morgan fingerprint density at radius 1 is 1.38 bits per heavy atom. The molecule has 114 valence electrons. The number of hydrogen-bond acceptors (Lipinski definition) is 4. The van der Waals surface area contributed by atoms with E-state index in [1.807, 2.05) is 13.0 Å². The van der Waals surface area contributed by atoms with Crippen LogP contribution in [0.15, 0.2) is 18.2 Å². The molecule has 1 atom stereocenters. The second-order valence-electron chi connectivity index (χ2n) is 5.31. The van der Waals surface area contributed by atoms with E-state index < -0.39 is 0 Å². The molecule has 1 aromatic rings. The van der Waals surface area contributed by atoms with Gasteiger partial charge in [-0.3, -0.25) is 9.59 Å². The van der Waals surface area contributed by atoms with Gasteiger partial charge in [0, 0.05) is 25.1 Å². The maximum absolute atomic E-state index is 11.7. The SMILES string of the molecule is COCC(C)NC(=O)COc1ccc2c(c1)CCCC2=O. The van der Waals surface area contributed by atoms with Gasteiger partial charge < -0.3 is 14.8 Å². The summed E-state index contributed by atoms with van der Waals surface area (Å²) in [4.78, 5) is 23.4. The van der Waals surface area contributed by atoms with Gasteiger partial charge in [-0.25, -0.2) is 0 Å². The van der Waals surface area contributed by atoms with Crippen molar-refractivity contribution < 1.29 is 19.1 Å². The van der Waals surface area contributed by atoms with Crippen molar-refractivity contribution in [1.29, 1.82) is 0 Å². The molecule has 21 heavy (non-hydrogen) atoms. The number of rotatable bonds is 6. The fourth-order valence-electron chi connectivity index (χ4n) is 2.47. The van der Waals surface area contributed by atoms with Crippen molar-refractivity contribution in [2.45, 2.75) is 32.2 Å². The van der Waals surface area contributed by atoms with Crippen LogP contribution in [-0.2, 0) is 16.0 Å². The molecule has 1 aliphatic carbocycles. The third-order valence-corrected chi connectivity index (χ3v) is 3.42. The average molecular weight is 291 g/mol. The minimum absolute atomic E-state index is 0.0409. The van der Waals surface area contributed by atoms with Gasteiger partial charge >= 0.3 is 0 Å². The number of ketones is 1. The Bertz CT molecular complexity index is 527. The van der Waals surface area contributed by atoms with Gasteiger partial charge in [0.25, 0.3) is 5.91 Å². The zero-order chi connectivity index (χ0) is 15.2. The Morgan fingerprint density at radius 3 is 2.95 bits per heavy atom. The quantitative estimate of drug-likeness (QED) is 0.867. The highest BCUT2D eigenvalue weighted by atomic mass is 16.5. The molecule has 5 heteroatoms. The Balaban J connectivity index is 1.89. The van der Waals surface area contributed by atoms with E-state index in [1.54, 1.807) is 19.2 Å². The summed E-state index contributed by atoms with van der Waals surface area (Å²) in [5.41, 5.74) is 1.80. The molecular weight excluding hydrogens is 270 g/mol. The molecule has 2 rings (SSSR count). The Labute approximate surface area is 124 Å². The molecule has 0 saturated carbocycles. The predicted molar refractivity (Wildman–Crippen MR) is 78.7 cm³/mol. The van der Waals surface area contributed by atoms with Gasteiger partial charge in [0.15, 0.2) is 12.4 Å². The first-order valence-corrected chi connectivity index (χ1v) is 7.17. The summed E-state index contributed by atoms with van der Waals surface area (Å²) in [6.07, 6.45) is 2.38. The van der Waals surface area contributed by atoms with Crippen LogP contribution in [-0.4, -0.2) is 38.1 Å². The molecule has 0 aliphatic heterocycles. The predicted octanol–water partition coefficient (Wildman–Crippen LogP) is 1.74. The average Bonchev–Trinajstić information content (AvgIpc) is 2.45. The van der Waals surface area contributed by atoms with Crippen molar-refractivity contribution >= 4 is 11.7 Å². The molecule has 1 unspecified atom stereocenters. The van der Waals surface area contributed by atoms with Gasteiger partial charge in [-0.2, -0.15) is 0 Å². The third kappa shape index (κ3) is 4.29. The summed E-state index contributed by atoms with van der Waals surface area (Å²) < 4.78 is 10.4. The maximum atomic E-state index is 11.7. The number of fused-ring (bicyclic) bond motifs is 1. The van der Waals surface area contributed by atoms with Crippen molar-refractivity contribution in [3.63, 3.8) is 0 Å². The molecular formula is C16H21NO4. The monoisotopic (exact) mass is 291 g/mol. The molecule has 0 spiro atoms. The van der Waals surface area contributed by atoms with Crippen molar-refractivity contribution in [2.75, 3.05) is 20.3 Å². The van der Waals surface area contributed by atoms with Crippen LogP contribution in [0.25, 0.3) is 0 Å². The van der Waals surface area contributed by atoms with Gasteiger partial charge in [-0.1, -0.05) is 0 Å². The topological polar surface area (TPSA) is 64.6 Å². The second-order valence-corrected chi connectivity index (χ2v) is 5.31. The van der Waals surface area contributed by atoms with Gasteiger partial charge in [-0.05, 0) is 43.5 Å². The van der Waals surface area contributed by atoms with Crippen molar-refractivity contribution in [2.24, 2.45) is 0 Å². The zero-order valence-corrected chi connectivity index (χ0v) is 12.5. The fraction of sp³-hybridized carbons (Fsp3) is 0.500. The van der Waals surface area contributed by atoms with Gasteiger partial charge in [0.05, 0.1) is 6.61 Å². The highest BCUT2D eigenvalue weighted by Crippen LogP contribution is 2.25. The molecule has 0 saturated heterocycles. The lowest BCUT2D eigenvalue weighted by Gasteiger charge is -2.16. The van der Waals surface area contributed by atoms with E-state index in [9.17, 15) is 9.59 Å². The fourth-order valence-corrected chi connectivity index (χ4v) is 2.47. The van der Waals surface area contributed by atoms with E-state index in [2.05, 4.69) is 5.32 Å². The molecule has 0 bridgehead atoms. The molecule has 1 amide bonds. The number of hydrogen-bond donors (Lipinski definition) is 1. The smallest absolute Gasteiger partial charge is 0.258 e. The molecule has 5 nitrogen and oxygen atoms in total. The molecule has 1 aliphatic rings. The van der Waals surface area contributed by atoms with Gasteiger partial charge in [-0.15, -0.1) is 0 Å². The number of amides is 1. The summed E-state index contributed by atoms with van der Waals surface area (Å²) in [6.45, 7) is 2.29. The normalized spacial score (nSPS) is 15.2. The second kappa shape index (κ2) is 7.22. The molecule has 1 aromatic carbocycles. The molecule has 0 aromatic heterocycles. The van der Waals surface area contributed by atoms with Crippen LogP contribution in [0.4, 0.5) is 0 Å². The van der Waals surface area contributed by atoms with Crippen LogP contribution < -0.4 is 10.1 Å². The number of methoxy groups -OCH3 is 1. The summed E-state index contributed by atoms with van der Waals surface area (Å²) in [6, 6.07) is 5.34. The van der Waals surface area contributed by atoms with Gasteiger partial charge in [0.2, 0.25) is 0 Å². The Hall–Kier alpha value is -1.88. The molecule has 0 fully saturated rings.